The van der Waals surface area contributed by atoms with Gasteiger partial charge in [-0.25, -0.2) is 0 Å². The Bertz CT molecular complexity index is 1240. The number of nitriles is 1. The lowest BCUT2D eigenvalue weighted by Gasteiger charge is -2.73. The van der Waals surface area contributed by atoms with Gasteiger partial charge in [-0.2, -0.15) is 5.26 Å². The van der Waals surface area contributed by atoms with Gasteiger partial charge >= 0.3 is 0 Å². The minimum atomic E-state index is -0.759. The zero-order valence-electron chi connectivity index (χ0n) is 24.8. The summed E-state index contributed by atoms with van der Waals surface area (Å²) in [4.78, 5) is 44.8. The van der Waals surface area contributed by atoms with Gasteiger partial charge in [-0.1, -0.05) is 54.5 Å². The molecule has 6 rings (SSSR count). The summed E-state index contributed by atoms with van der Waals surface area (Å²) in [7, 11) is 0. The topological polar surface area (TPSA) is 78.2 Å². The number of carbonyl (C=O) groups excluding carboxylic acids is 3. The minimum absolute atomic E-state index is 0.0334. The van der Waals surface area contributed by atoms with Gasteiger partial charge in [-0.15, -0.1) is 0 Å². The van der Waals surface area contributed by atoms with E-state index in [9.17, 15) is 14.9 Å². The van der Waals surface area contributed by atoms with Gasteiger partial charge in [0.15, 0.2) is 11.6 Å². The van der Waals surface area contributed by atoms with E-state index in [1.807, 2.05) is 19.9 Å². The van der Waals surface area contributed by atoms with Crippen molar-refractivity contribution in [2.75, 3.05) is 6.54 Å². The molecule has 6 aliphatic rings. The number of likely N-dealkylation sites (N-methyl/N-ethyl adjacent to an activating group) is 1. The van der Waals surface area contributed by atoms with Crippen LogP contribution >= 0.6 is 0 Å². The molecule has 5 heteroatoms. The Kier molecular flexibility index (Phi) is 4.99. The molecule has 4 saturated carbocycles. The molecule has 0 aromatic heterocycles. The lowest BCUT2D eigenvalue weighted by atomic mass is 9.30. The van der Waals surface area contributed by atoms with Gasteiger partial charge in [-0.05, 0) is 80.0 Å². The van der Waals surface area contributed by atoms with Crippen molar-refractivity contribution in [2.45, 2.75) is 112 Å². The Morgan fingerprint density at radius 2 is 1.58 bits per heavy atom. The Morgan fingerprint density at radius 3 is 2.21 bits per heavy atom. The van der Waals surface area contributed by atoms with Crippen LogP contribution in [0.15, 0.2) is 11.6 Å². The van der Waals surface area contributed by atoms with E-state index >= 15 is 4.79 Å². The summed E-state index contributed by atoms with van der Waals surface area (Å²) in [5.74, 6) is 0.635. The van der Waals surface area contributed by atoms with Crippen LogP contribution in [0.5, 0.6) is 0 Å². The molecule has 1 spiro atoms. The van der Waals surface area contributed by atoms with Crippen LogP contribution in [0.25, 0.3) is 0 Å². The highest BCUT2D eigenvalue weighted by Crippen LogP contribution is 2.80. The fraction of sp³-hybridized carbons (Fsp3) is 0.818. The third-order valence-corrected chi connectivity index (χ3v) is 14.1. The summed E-state index contributed by atoms with van der Waals surface area (Å²) in [5.41, 5.74) is -2.38. The Morgan fingerprint density at radius 1 is 0.921 bits per heavy atom. The molecule has 5 aliphatic carbocycles. The molecular weight excluding hydrogens is 472 g/mol. The fourth-order valence-electron chi connectivity index (χ4n) is 12.1. The van der Waals surface area contributed by atoms with Crippen LogP contribution in [0.2, 0.25) is 0 Å². The van der Waals surface area contributed by atoms with Crippen molar-refractivity contribution in [2.24, 2.45) is 50.2 Å². The van der Waals surface area contributed by atoms with E-state index in [1.165, 1.54) is 0 Å². The van der Waals surface area contributed by atoms with Gasteiger partial charge in [0.05, 0.1) is 11.0 Å². The first-order chi connectivity index (χ1) is 17.5. The number of nitrogens with zero attached hydrogens (tertiary/aromatic N) is 2. The lowest BCUT2D eigenvalue weighted by Crippen LogP contribution is -2.77. The number of hydrogen-bond acceptors (Lipinski definition) is 4. The first-order valence-electron chi connectivity index (χ1n) is 15.1. The molecule has 1 heterocycles. The third kappa shape index (κ3) is 2.49. The van der Waals surface area contributed by atoms with E-state index in [0.29, 0.717) is 13.0 Å². The number of ketones is 2. The number of allylic oxidation sites excluding steroid dienone is 2. The summed E-state index contributed by atoms with van der Waals surface area (Å²) in [6, 6.07) is 2.22. The molecule has 8 atom stereocenters. The molecule has 5 nitrogen and oxygen atoms in total. The summed E-state index contributed by atoms with van der Waals surface area (Å²) in [6.07, 6.45) is 8.88. The number of likely N-dealkylation sites (tertiary alicyclic amines) is 1. The van der Waals surface area contributed by atoms with Gasteiger partial charge in [0.2, 0.25) is 5.91 Å². The number of rotatable bonds is 1. The van der Waals surface area contributed by atoms with Crippen molar-refractivity contribution in [1.29, 1.82) is 5.26 Å². The van der Waals surface area contributed by atoms with Crippen molar-refractivity contribution < 1.29 is 14.4 Å². The summed E-state index contributed by atoms with van der Waals surface area (Å²) in [5, 5.41) is 9.96. The van der Waals surface area contributed by atoms with E-state index in [-0.39, 0.29) is 57.0 Å². The Labute approximate surface area is 228 Å². The van der Waals surface area contributed by atoms with Gasteiger partial charge in [-0.3, -0.25) is 14.4 Å². The molecule has 0 aromatic carbocycles. The number of amides is 1. The molecule has 0 N–H and O–H groups in total. The maximum absolute atomic E-state index is 15.0. The van der Waals surface area contributed by atoms with Gasteiger partial charge in [0.25, 0.3) is 0 Å². The average Bonchev–Trinajstić information content (AvgIpc) is 3.00. The van der Waals surface area contributed by atoms with Gasteiger partial charge in [0.1, 0.15) is 11.6 Å². The molecule has 206 valence electrons. The Hall–Kier alpha value is -1.96. The van der Waals surface area contributed by atoms with Crippen LogP contribution in [0.4, 0.5) is 0 Å². The average molecular weight is 519 g/mol. The van der Waals surface area contributed by atoms with Crippen LogP contribution in [0, 0.1) is 61.6 Å². The second kappa shape index (κ2) is 7.21. The van der Waals surface area contributed by atoms with Crippen molar-refractivity contribution in [1.82, 2.24) is 4.90 Å². The van der Waals surface area contributed by atoms with Crippen LogP contribution in [0.1, 0.15) is 107 Å². The molecular formula is C33H46N2O3. The van der Waals surface area contributed by atoms with E-state index < -0.39 is 21.8 Å². The molecule has 0 radical (unpaired) electrons. The maximum atomic E-state index is 15.0. The summed E-state index contributed by atoms with van der Waals surface area (Å²) in [6.45, 7) is 18.3. The minimum Gasteiger partial charge on any atom is -0.329 e. The molecule has 1 saturated heterocycles. The SMILES string of the molecule is CCN1C(=O)[C@]23CCC(C)(C)C[C@H]2C12C(=O)C[C@@H]1[C@@]4(C)C=C(C#N)C(=O)C(C)(C)[C@@H]4CC[C@@]1(C)[C@]2(C)CC3. The molecule has 2 bridgehead atoms. The molecule has 38 heavy (non-hydrogen) atoms. The second-order valence-corrected chi connectivity index (χ2v) is 16.0. The zero-order chi connectivity index (χ0) is 27.9. The number of fused-ring (bicyclic) bond motifs is 4. The summed E-state index contributed by atoms with van der Waals surface area (Å²) >= 11 is 0. The van der Waals surface area contributed by atoms with Crippen LogP contribution in [0.3, 0.4) is 0 Å². The van der Waals surface area contributed by atoms with Crippen molar-refractivity contribution in [3.8, 4) is 6.07 Å². The number of Topliss-reactive ketones (excluding diaryl/α,β-unsaturated/α-hetero) is 2. The number of hydrogen-bond donors (Lipinski definition) is 0. The number of carbonyl (C=O) groups is 3. The monoisotopic (exact) mass is 518 g/mol. The first kappa shape index (κ1) is 26.3. The van der Waals surface area contributed by atoms with Gasteiger partial charge in [0, 0.05) is 29.7 Å². The normalized spacial score (nSPS) is 50.3. The second-order valence-electron chi connectivity index (χ2n) is 16.0. The van der Waals surface area contributed by atoms with E-state index in [4.69, 9.17) is 0 Å². The zero-order valence-corrected chi connectivity index (χ0v) is 24.8. The fourth-order valence-corrected chi connectivity index (χ4v) is 12.1. The quantitative estimate of drug-likeness (QED) is 0.410. The molecule has 0 aromatic rings. The summed E-state index contributed by atoms with van der Waals surface area (Å²) < 4.78 is 0. The van der Waals surface area contributed by atoms with Crippen LogP contribution in [-0.2, 0) is 14.4 Å². The molecule has 1 amide bonds. The van der Waals surface area contributed by atoms with Crippen LogP contribution in [-0.4, -0.2) is 34.5 Å². The molecule has 1 aliphatic heterocycles. The van der Waals surface area contributed by atoms with E-state index in [2.05, 4.69) is 52.5 Å². The van der Waals surface area contributed by atoms with Crippen molar-refractivity contribution in [3.05, 3.63) is 11.6 Å². The smallest absolute Gasteiger partial charge is 0.230 e. The van der Waals surface area contributed by atoms with Gasteiger partial charge < -0.3 is 4.90 Å². The van der Waals surface area contributed by atoms with Crippen LogP contribution < -0.4 is 0 Å². The molecule has 5 fully saturated rings. The highest BCUT2D eigenvalue weighted by molar-refractivity contribution is 6.05. The largest absolute Gasteiger partial charge is 0.329 e. The van der Waals surface area contributed by atoms with Crippen molar-refractivity contribution in [3.63, 3.8) is 0 Å². The highest BCUT2D eigenvalue weighted by atomic mass is 16.2. The maximum Gasteiger partial charge on any atom is 0.230 e. The standard InChI is InChI=1S/C33H46N2O3/c1-9-35-26(38)32-14-12-27(2,3)18-23(32)33(35)24(36)16-22-29(6)17-20(19-34)25(37)28(4,5)21(29)10-11-30(22,7)31(33,8)13-15-32/h17,21-23H,9-16,18H2,1-8H3/t21-,22+,23+,29-,30+,31-,32-,33?/m0/s1. The third-order valence-electron chi connectivity index (χ3n) is 14.1. The lowest BCUT2D eigenvalue weighted by molar-refractivity contribution is -0.233. The van der Waals surface area contributed by atoms with E-state index in [1.54, 1.807) is 0 Å². The predicted octanol–water partition coefficient (Wildman–Crippen LogP) is 6.27. The highest BCUT2D eigenvalue weighted by Gasteiger charge is 2.83. The van der Waals surface area contributed by atoms with Crippen molar-refractivity contribution >= 4 is 17.5 Å². The first-order valence-corrected chi connectivity index (χ1v) is 15.1. The predicted molar refractivity (Wildman–Crippen MR) is 146 cm³/mol. The Balaban J connectivity index is 1.58. The molecule has 1 unspecified atom stereocenters. The van der Waals surface area contributed by atoms with E-state index in [0.717, 1.165) is 44.9 Å².